The van der Waals surface area contributed by atoms with Gasteiger partial charge in [0.25, 0.3) is 0 Å². The molecule has 2 heterocycles. The number of piperazine rings is 1. The molecule has 0 spiro atoms. The van der Waals surface area contributed by atoms with E-state index in [0.717, 1.165) is 39.1 Å². The van der Waals surface area contributed by atoms with Crippen molar-refractivity contribution in [2.24, 2.45) is 0 Å². The predicted octanol–water partition coefficient (Wildman–Crippen LogP) is 1.59. The highest BCUT2D eigenvalue weighted by Gasteiger charge is 2.18. The van der Waals surface area contributed by atoms with Gasteiger partial charge in [0.1, 0.15) is 0 Å². The van der Waals surface area contributed by atoms with Crippen LogP contribution in [0.1, 0.15) is 22.5 Å². The average molecular weight is 343 g/mol. The number of anilines is 1. The Labute approximate surface area is 148 Å². The molecule has 0 radical (unpaired) electrons. The van der Waals surface area contributed by atoms with E-state index in [1.54, 1.807) is 4.68 Å². The van der Waals surface area contributed by atoms with Gasteiger partial charge in [0.05, 0.1) is 13.3 Å². The first-order valence-corrected chi connectivity index (χ1v) is 8.69. The molecule has 7 heteroatoms. The van der Waals surface area contributed by atoms with Gasteiger partial charge in [0.15, 0.2) is 5.69 Å². The van der Waals surface area contributed by atoms with E-state index in [1.165, 1.54) is 24.6 Å². The lowest BCUT2D eigenvalue weighted by molar-refractivity contribution is 0.0586. The molecule has 0 bridgehead atoms. The number of hydrogen-bond acceptors (Lipinski definition) is 6. The van der Waals surface area contributed by atoms with Crippen LogP contribution in [0.5, 0.6) is 0 Å². The molecule has 7 nitrogen and oxygen atoms in total. The molecular formula is C18H25N5O2. The van der Waals surface area contributed by atoms with Crippen molar-refractivity contribution in [1.29, 1.82) is 0 Å². The van der Waals surface area contributed by atoms with E-state index in [4.69, 9.17) is 4.74 Å². The lowest BCUT2D eigenvalue weighted by Gasteiger charge is -2.36. The molecule has 0 aliphatic carbocycles. The number of aryl methyl sites for hydroxylation is 2. The molecule has 0 saturated carbocycles. The van der Waals surface area contributed by atoms with Crippen molar-refractivity contribution in [3.8, 4) is 0 Å². The molecule has 0 atom stereocenters. The molecule has 0 amide bonds. The van der Waals surface area contributed by atoms with Gasteiger partial charge >= 0.3 is 5.97 Å². The lowest BCUT2D eigenvalue weighted by atomic mass is 10.1. The van der Waals surface area contributed by atoms with Crippen molar-refractivity contribution >= 4 is 11.7 Å². The summed E-state index contributed by atoms with van der Waals surface area (Å²) >= 11 is 0. The first kappa shape index (κ1) is 17.4. The minimum Gasteiger partial charge on any atom is -0.464 e. The predicted molar refractivity (Wildman–Crippen MR) is 95.8 cm³/mol. The Bertz CT molecular complexity index is 707. The van der Waals surface area contributed by atoms with Gasteiger partial charge in [-0.25, -0.2) is 9.48 Å². The van der Waals surface area contributed by atoms with E-state index < -0.39 is 5.97 Å². The second kappa shape index (κ2) is 8.11. The van der Waals surface area contributed by atoms with E-state index in [2.05, 4.69) is 51.3 Å². The van der Waals surface area contributed by atoms with Gasteiger partial charge in [-0.2, -0.15) is 0 Å². The SMILES string of the molecule is COC(=O)c1cnnn1CCCN1CCN(c2ccccc2C)CC1. The number of nitrogens with zero attached hydrogens (tertiary/aromatic N) is 5. The van der Waals surface area contributed by atoms with E-state index >= 15 is 0 Å². The Kier molecular flexibility index (Phi) is 5.65. The van der Waals surface area contributed by atoms with Crippen LogP contribution in [0.25, 0.3) is 0 Å². The number of ether oxygens (including phenoxy) is 1. The highest BCUT2D eigenvalue weighted by atomic mass is 16.5. The summed E-state index contributed by atoms with van der Waals surface area (Å²) in [5, 5.41) is 7.77. The molecule has 134 valence electrons. The molecule has 3 rings (SSSR count). The van der Waals surface area contributed by atoms with Crippen LogP contribution in [0, 0.1) is 6.92 Å². The zero-order valence-electron chi connectivity index (χ0n) is 14.9. The van der Waals surface area contributed by atoms with Crippen LogP contribution in [0.2, 0.25) is 0 Å². The topological polar surface area (TPSA) is 63.5 Å². The van der Waals surface area contributed by atoms with Crippen molar-refractivity contribution in [2.75, 3.05) is 44.7 Å². The molecular weight excluding hydrogens is 318 g/mol. The quantitative estimate of drug-likeness (QED) is 0.742. The van der Waals surface area contributed by atoms with Crippen LogP contribution in [0.3, 0.4) is 0 Å². The number of para-hydroxylation sites is 1. The van der Waals surface area contributed by atoms with Crippen LogP contribution < -0.4 is 4.90 Å². The third-order valence-electron chi connectivity index (χ3n) is 4.68. The van der Waals surface area contributed by atoms with Crippen molar-refractivity contribution < 1.29 is 9.53 Å². The summed E-state index contributed by atoms with van der Waals surface area (Å²) in [7, 11) is 1.37. The molecule has 1 saturated heterocycles. The maximum atomic E-state index is 11.6. The second-order valence-corrected chi connectivity index (χ2v) is 6.30. The minimum absolute atomic E-state index is 0.392. The molecule has 1 aromatic heterocycles. The molecule has 1 fully saturated rings. The smallest absolute Gasteiger partial charge is 0.358 e. The number of benzene rings is 1. The highest BCUT2D eigenvalue weighted by molar-refractivity contribution is 5.86. The number of rotatable bonds is 6. The monoisotopic (exact) mass is 343 g/mol. The Morgan fingerprint density at radius 1 is 1.16 bits per heavy atom. The number of aromatic nitrogens is 3. The zero-order valence-corrected chi connectivity index (χ0v) is 14.9. The normalized spacial score (nSPS) is 15.4. The third kappa shape index (κ3) is 4.17. The Morgan fingerprint density at radius 3 is 2.64 bits per heavy atom. The number of esters is 1. The highest BCUT2D eigenvalue weighted by Crippen LogP contribution is 2.20. The van der Waals surface area contributed by atoms with Gasteiger partial charge in [-0.1, -0.05) is 23.4 Å². The summed E-state index contributed by atoms with van der Waals surface area (Å²) in [5.74, 6) is -0.392. The molecule has 2 aromatic rings. The Hall–Kier alpha value is -2.41. The van der Waals surface area contributed by atoms with Gasteiger partial charge in [-0.15, -0.1) is 5.10 Å². The second-order valence-electron chi connectivity index (χ2n) is 6.30. The van der Waals surface area contributed by atoms with Crippen molar-refractivity contribution in [3.63, 3.8) is 0 Å². The van der Waals surface area contributed by atoms with Crippen LogP contribution >= 0.6 is 0 Å². The van der Waals surface area contributed by atoms with E-state index in [9.17, 15) is 4.79 Å². The Morgan fingerprint density at radius 2 is 1.92 bits per heavy atom. The molecule has 0 unspecified atom stereocenters. The number of methoxy groups -OCH3 is 1. The third-order valence-corrected chi connectivity index (χ3v) is 4.68. The zero-order chi connectivity index (χ0) is 17.6. The summed E-state index contributed by atoms with van der Waals surface area (Å²) in [6.45, 7) is 8.01. The maximum absolute atomic E-state index is 11.6. The number of hydrogen-bond donors (Lipinski definition) is 0. The molecule has 1 aliphatic heterocycles. The van der Waals surface area contributed by atoms with Crippen LogP contribution in [0.15, 0.2) is 30.5 Å². The summed E-state index contributed by atoms with van der Waals surface area (Å²) in [5.41, 5.74) is 3.08. The standard InChI is InChI=1S/C18H25N5O2/c1-15-6-3-4-7-16(15)22-12-10-21(11-13-22)8-5-9-23-17(14-19-20-23)18(24)25-2/h3-4,6-7,14H,5,8-13H2,1-2H3. The largest absolute Gasteiger partial charge is 0.464 e. The van der Waals surface area contributed by atoms with Crippen molar-refractivity contribution in [1.82, 2.24) is 19.9 Å². The van der Waals surface area contributed by atoms with Crippen LogP contribution in [0.4, 0.5) is 5.69 Å². The first-order chi connectivity index (χ1) is 12.2. The number of carbonyl (C=O) groups is 1. The van der Waals surface area contributed by atoms with Gasteiger partial charge in [-0.3, -0.25) is 4.90 Å². The van der Waals surface area contributed by atoms with Gasteiger partial charge in [0, 0.05) is 45.0 Å². The fourth-order valence-electron chi connectivity index (χ4n) is 3.26. The number of carbonyl (C=O) groups excluding carboxylic acids is 1. The molecule has 0 N–H and O–H groups in total. The van der Waals surface area contributed by atoms with Crippen LogP contribution in [-0.2, 0) is 11.3 Å². The summed E-state index contributed by atoms with van der Waals surface area (Å²) in [6, 6.07) is 8.55. The van der Waals surface area contributed by atoms with E-state index in [0.29, 0.717) is 12.2 Å². The average Bonchev–Trinajstić information content (AvgIpc) is 3.11. The van der Waals surface area contributed by atoms with E-state index in [1.807, 2.05) is 0 Å². The van der Waals surface area contributed by atoms with Gasteiger partial charge < -0.3 is 9.64 Å². The fraction of sp³-hybridized carbons (Fsp3) is 0.500. The van der Waals surface area contributed by atoms with E-state index in [-0.39, 0.29) is 0 Å². The fourth-order valence-corrected chi connectivity index (χ4v) is 3.26. The Balaban J connectivity index is 1.45. The van der Waals surface area contributed by atoms with Gasteiger partial charge in [0.2, 0.25) is 0 Å². The lowest BCUT2D eigenvalue weighted by Crippen LogP contribution is -2.47. The molecule has 1 aliphatic rings. The van der Waals surface area contributed by atoms with Gasteiger partial charge in [-0.05, 0) is 25.0 Å². The first-order valence-electron chi connectivity index (χ1n) is 8.69. The summed E-state index contributed by atoms with van der Waals surface area (Å²) in [6.07, 6.45) is 2.38. The molecule has 1 aromatic carbocycles. The summed E-state index contributed by atoms with van der Waals surface area (Å²) < 4.78 is 6.36. The van der Waals surface area contributed by atoms with Crippen molar-refractivity contribution in [3.05, 3.63) is 41.7 Å². The van der Waals surface area contributed by atoms with Crippen molar-refractivity contribution in [2.45, 2.75) is 19.9 Å². The maximum Gasteiger partial charge on any atom is 0.358 e. The minimum atomic E-state index is -0.392. The molecule has 25 heavy (non-hydrogen) atoms. The summed E-state index contributed by atoms with van der Waals surface area (Å²) in [4.78, 5) is 16.5. The van der Waals surface area contributed by atoms with Crippen LogP contribution in [-0.4, -0.2) is 65.7 Å².